The van der Waals surface area contributed by atoms with Crippen molar-refractivity contribution in [3.63, 3.8) is 0 Å². The van der Waals surface area contributed by atoms with E-state index in [0.717, 1.165) is 0 Å². The van der Waals surface area contributed by atoms with Gasteiger partial charge in [-0.3, -0.25) is 4.79 Å². The first-order valence-electron chi connectivity index (χ1n) is 5.67. The van der Waals surface area contributed by atoms with Crippen LogP contribution in [0, 0.1) is 0 Å². The molecule has 0 saturated carbocycles. The maximum atomic E-state index is 11.8. The van der Waals surface area contributed by atoms with Gasteiger partial charge in [-0.1, -0.05) is 0 Å². The summed E-state index contributed by atoms with van der Waals surface area (Å²) in [5.74, 6) is 1.04. The van der Waals surface area contributed by atoms with Crippen molar-refractivity contribution in [2.75, 3.05) is 33.2 Å². The van der Waals surface area contributed by atoms with Gasteiger partial charge in [-0.05, 0) is 18.2 Å². The molecule has 1 aromatic carbocycles. The molecule has 0 atom stereocenters. The minimum absolute atomic E-state index is 0.0178. The lowest BCUT2D eigenvalue weighted by molar-refractivity contribution is 0.0838. The second-order valence-electron chi connectivity index (χ2n) is 3.66. The number of hydrogen-bond donors (Lipinski definition) is 2. The number of carbonyl (C=O) groups excluding carboxylic acids is 1. The van der Waals surface area contributed by atoms with E-state index in [9.17, 15) is 4.79 Å². The van der Waals surface area contributed by atoms with E-state index in [2.05, 4.69) is 5.32 Å². The molecule has 0 saturated heterocycles. The molecule has 2 rings (SSSR count). The number of fused-ring (bicyclic) bond motifs is 1. The Bertz CT molecular complexity index is 421. The van der Waals surface area contributed by atoms with Gasteiger partial charge in [0.15, 0.2) is 11.5 Å². The molecule has 1 heterocycles. The Labute approximate surface area is 104 Å². The predicted octanol–water partition coefficient (Wildman–Crippen LogP) is 0.154. The normalized spacial score (nSPS) is 12.5. The van der Waals surface area contributed by atoms with Gasteiger partial charge in [-0.25, -0.2) is 0 Å². The molecular formula is C12H15NO5. The molecule has 1 aromatic rings. The Kier molecular flexibility index (Phi) is 4.38. The Morgan fingerprint density at radius 3 is 3.00 bits per heavy atom. The maximum Gasteiger partial charge on any atom is 0.251 e. The molecule has 0 aliphatic carbocycles. The standard InChI is InChI=1S/C12H15NO5/c14-4-6-16-5-3-13-12(15)9-1-2-10-11(7-9)18-8-17-10/h1-2,7,14H,3-6,8H2,(H,13,15). The molecule has 1 amide bonds. The molecule has 0 aromatic heterocycles. The lowest BCUT2D eigenvalue weighted by Crippen LogP contribution is -2.27. The number of hydrogen-bond acceptors (Lipinski definition) is 5. The van der Waals surface area contributed by atoms with Crippen molar-refractivity contribution in [2.45, 2.75) is 0 Å². The number of amides is 1. The molecule has 0 radical (unpaired) electrons. The molecule has 1 aliphatic rings. The van der Waals surface area contributed by atoms with Crippen LogP contribution in [0.5, 0.6) is 11.5 Å². The first-order chi connectivity index (χ1) is 8.81. The molecule has 1 aliphatic heterocycles. The Morgan fingerprint density at radius 2 is 2.17 bits per heavy atom. The summed E-state index contributed by atoms with van der Waals surface area (Å²) < 4.78 is 15.4. The molecule has 0 bridgehead atoms. The second kappa shape index (κ2) is 6.23. The smallest absolute Gasteiger partial charge is 0.251 e. The quantitative estimate of drug-likeness (QED) is 0.706. The second-order valence-corrected chi connectivity index (χ2v) is 3.66. The van der Waals surface area contributed by atoms with Gasteiger partial charge in [-0.2, -0.15) is 0 Å². The first-order valence-corrected chi connectivity index (χ1v) is 5.67. The zero-order valence-electron chi connectivity index (χ0n) is 9.85. The number of carbonyl (C=O) groups is 1. The van der Waals surface area contributed by atoms with Gasteiger partial charge in [-0.15, -0.1) is 0 Å². The molecule has 6 heteroatoms. The van der Waals surface area contributed by atoms with Crippen LogP contribution in [0.1, 0.15) is 10.4 Å². The van der Waals surface area contributed by atoms with Crippen molar-refractivity contribution in [3.8, 4) is 11.5 Å². The van der Waals surface area contributed by atoms with E-state index in [-0.39, 0.29) is 25.9 Å². The average molecular weight is 253 g/mol. The first kappa shape index (κ1) is 12.7. The summed E-state index contributed by atoms with van der Waals surface area (Å²) in [4.78, 5) is 11.8. The zero-order chi connectivity index (χ0) is 12.8. The van der Waals surface area contributed by atoms with Crippen LogP contribution in [0.4, 0.5) is 0 Å². The highest BCUT2D eigenvalue weighted by molar-refractivity contribution is 5.94. The average Bonchev–Trinajstić information content (AvgIpc) is 2.85. The van der Waals surface area contributed by atoms with Gasteiger partial charge >= 0.3 is 0 Å². The molecule has 6 nitrogen and oxygen atoms in total. The number of aliphatic hydroxyl groups excluding tert-OH is 1. The fraction of sp³-hybridized carbons (Fsp3) is 0.417. The Morgan fingerprint density at radius 1 is 1.33 bits per heavy atom. The number of aliphatic hydroxyl groups is 1. The molecule has 2 N–H and O–H groups in total. The number of benzene rings is 1. The van der Waals surface area contributed by atoms with Gasteiger partial charge in [0.1, 0.15) is 0 Å². The summed E-state index contributed by atoms with van der Waals surface area (Å²) in [6, 6.07) is 5.03. The highest BCUT2D eigenvalue weighted by Gasteiger charge is 2.15. The number of rotatable bonds is 6. The summed E-state index contributed by atoms with van der Waals surface area (Å²) in [5.41, 5.74) is 0.515. The van der Waals surface area contributed by atoms with Gasteiger partial charge in [0.05, 0.1) is 19.8 Å². The lowest BCUT2D eigenvalue weighted by atomic mass is 10.2. The third kappa shape index (κ3) is 3.12. The van der Waals surface area contributed by atoms with Crippen LogP contribution >= 0.6 is 0 Å². The van der Waals surface area contributed by atoms with E-state index >= 15 is 0 Å². The summed E-state index contributed by atoms with van der Waals surface area (Å²) in [6.07, 6.45) is 0. The summed E-state index contributed by atoms with van der Waals surface area (Å²) in [5, 5.41) is 11.2. The van der Waals surface area contributed by atoms with Gasteiger partial charge < -0.3 is 24.6 Å². The highest BCUT2D eigenvalue weighted by Crippen LogP contribution is 2.32. The van der Waals surface area contributed by atoms with Gasteiger partial charge in [0.2, 0.25) is 6.79 Å². The van der Waals surface area contributed by atoms with Crippen molar-refractivity contribution in [1.82, 2.24) is 5.32 Å². The van der Waals surface area contributed by atoms with E-state index in [4.69, 9.17) is 19.3 Å². The van der Waals surface area contributed by atoms with Crippen molar-refractivity contribution < 1.29 is 24.1 Å². The molecular weight excluding hydrogens is 238 g/mol. The Balaban J connectivity index is 1.82. The minimum atomic E-state index is -0.194. The fourth-order valence-electron chi connectivity index (χ4n) is 1.54. The molecule has 0 unspecified atom stereocenters. The van der Waals surface area contributed by atoms with Crippen LogP contribution in [-0.4, -0.2) is 44.2 Å². The van der Waals surface area contributed by atoms with Crippen molar-refractivity contribution in [3.05, 3.63) is 23.8 Å². The zero-order valence-corrected chi connectivity index (χ0v) is 9.85. The van der Waals surface area contributed by atoms with Gasteiger partial charge in [0, 0.05) is 12.1 Å². The van der Waals surface area contributed by atoms with Crippen LogP contribution in [-0.2, 0) is 4.74 Å². The SMILES string of the molecule is O=C(NCCOCCO)c1ccc2c(c1)OCO2. The lowest BCUT2D eigenvalue weighted by Gasteiger charge is -2.06. The minimum Gasteiger partial charge on any atom is -0.454 e. The van der Waals surface area contributed by atoms with E-state index in [1.54, 1.807) is 18.2 Å². The maximum absolute atomic E-state index is 11.8. The van der Waals surface area contributed by atoms with Crippen molar-refractivity contribution in [1.29, 1.82) is 0 Å². The third-order valence-electron chi connectivity index (χ3n) is 2.40. The number of ether oxygens (including phenoxy) is 3. The molecule has 98 valence electrons. The van der Waals surface area contributed by atoms with E-state index in [1.807, 2.05) is 0 Å². The van der Waals surface area contributed by atoms with Gasteiger partial charge in [0.25, 0.3) is 5.91 Å². The summed E-state index contributed by atoms with van der Waals surface area (Å²) in [6.45, 7) is 1.22. The summed E-state index contributed by atoms with van der Waals surface area (Å²) in [7, 11) is 0. The van der Waals surface area contributed by atoms with Crippen LogP contribution < -0.4 is 14.8 Å². The van der Waals surface area contributed by atoms with E-state index in [0.29, 0.717) is 30.2 Å². The van der Waals surface area contributed by atoms with Crippen LogP contribution in [0.15, 0.2) is 18.2 Å². The number of nitrogens with one attached hydrogen (secondary N) is 1. The monoisotopic (exact) mass is 253 g/mol. The van der Waals surface area contributed by atoms with Crippen molar-refractivity contribution in [2.24, 2.45) is 0 Å². The highest BCUT2D eigenvalue weighted by atomic mass is 16.7. The summed E-state index contributed by atoms with van der Waals surface area (Å²) >= 11 is 0. The fourth-order valence-corrected chi connectivity index (χ4v) is 1.54. The predicted molar refractivity (Wildman–Crippen MR) is 62.8 cm³/mol. The topological polar surface area (TPSA) is 77.0 Å². The van der Waals surface area contributed by atoms with Crippen LogP contribution in [0.3, 0.4) is 0 Å². The van der Waals surface area contributed by atoms with Crippen LogP contribution in [0.2, 0.25) is 0 Å². The molecule has 0 spiro atoms. The van der Waals surface area contributed by atoms with E-state index < -0.39 is 0 Å². The Hall–Kier alpha value is -1.79. The van der Waals surface area contributed by atoms with Crippen molar-refractivity contribution >= 4 is 5.91 Å². The third-order valence-corrected chi connectivity index (χ3v) is 2.40. The molecule has 0 fully saturated rings. The van der Waals surface area contributed by atoms with Crippen LogP contribution in [0.25, 0.3) is 0 Å². The van der Waals surface area contributed by atoms with E-state index in [1.165, 1.54) is 0 Å². The molecule has 18 heavy (non-hydrogen) atoms. The largest absolute Gasteiger partial charge is 0.454 e.